The third-order valence-electron chi connectivity index (χ3n) is 10.7. The smallest absolute Gasteiger partial charge is 0.231 e. The average Bonchev–Trinajstić information content (AvgIpc) is 3.43. The van der Waals surface area contributed by atoms with Gasteiger partial charge in [-0.1, -0.05) is 137 Å². The highest BCUT2D eigenvalue weighted by Crippen LogP contribution is 2.61. The number of fused-ring (bicyclic) bond motifs is 3. The molecule has 216 valence electrons. The molecule has 39 heavy (non-hydrogen) atoms. The van der Waals surface area contributed by atoms with E-state index in [1.54, 1.807) is 11.1 Å². The Bertz CT molecular complexity index is 920. The molecule has 0 aromatic heterocycles. The summed E-state index contributed by atoms with van der Waals surface area (Å²) in [6.07, 6.45) is 26.0. The second-order valence-corrected chi connectivity index (χ2v) is 16.1. The van der Waals surface area contributed by atoms with Crippen molar-refractivity contribution >= 4 is 6.85 Å². The van der Waals surface area contributed by atoms with Gasteiger partial charge in [0.1, 0.15) is 0 Å². The monoisotopic (exact) mass is 529 g/mol. The van der Waals surface area contributed by atoms with Crippen LogP contribution in [0.1, 0.15) is 108 Å². The van der Waals surface area contributed by atoms with E-state index in [4.69, 9.17) is 0 Å². The highest BCUT2D eigenvalue weighted by molar-refractivity contribution is 6.60. The molecule has 0 saturated heterocycles. The van der Waals surface area contributed by atoms with Crippen molar-refractivity contribution in [2.24, 2.45) is 40.4 Å². The second-order valence-electron chi connectivity index (χ2n) is 16.1. The molecule has 0 aromatic rings. The van der Waals surface area contributed by atoms with Gasteiger partial charge in [0.25, 0.3) is 0 Å². The Kier molecular flexibility index (Phi) is 9.37. The van der Waals surface area contributed by atoms with Crippen molar-refractivity contribution in [3.05, 3.63) is 60.3 Å². The first kappa shape index (κ1) is 30.7. The molecule has 0 aromatic carbocycles. The van der Waals surface area contributed by atoms with E-state index in [0.717, 1.165) is 11.7 Å². The molecule has 6 unspecified atom stereocenters. The first-order chi connectivity index (χ1) is 18.2. The predicted molar refractivity (Wildman–Crippen MR) is 174 cm³/mol. The third-order valence-corrected chi connectivity index (χ3v) is 10.7. The number of allylic oxidation sites excluding steroid dienone is 9. The lowest BCUT2D eigenvalue weighted by Crippen LogP contribution is -2.54. The maximum absolute atomic E-state index is 3.98. The van der Waals surface area contributed by atoms with Gasteiger partial charge in [0, 0.05) is 0 Å². The van der Waals surface area contributed by atoms with Gasteiger partial charge in [-0.2, -0.15) is 0 Å². The molecule has 2 fully saturated rings. The molecular weight excluding hydrogens is 469 g/mol. The molecule has 4 aliphatic rings. The number of hydrogen-bond acceptors (Lipinski definition) is 1. The summed E-state index contributed by atoms with van der Waals surface area (Å²) >= 11 is 0. The van der Waals surface area contributed by atoms with Crippen LogP contribution < -0.4 is 0 Å². The highest BCUT2D eigenvalue weighted by Gasteiger charge is 2.56. The van der Waals surface area contributed by atoms with Crippen LogP contribution in [0.5, 0.6) is 0 Å². The molecule has 2 heteroatoms. The quantitative estimate of drug-likeness (QED) is 0.163. The summed E-state index contributed by atoms with van der Waals surface area (Å²) in [5.74, 6) is 4.82. The first-order valence-corrected chi connectivity index (χ1v) is 16.4. The Hall–Kier alpha value is -1.28. The number of unbranched alkanes of at least 4 members (excludes halogenated alkanes) is 1. The Labute approximate surface area is 243 Å². The van der Waals surface area contributed by atoms with Crippen LogP contribution in [0.15, 0.2) is 60.3 Å². The number of hydrogen-bond donors (Lipinski definition) is 0. The van der Waals surface area contributed by atoms with E-state index >= 15 is 0 Å². The topological polar surface area (TPSA) is 3.24 Å². The maximum atomic E-state index is 3.98. The molecule has 6 atom stereocenters. The van der Waals surface area contributed by atoms with Gasteiger partial charge >= 0.3 is 0 Å². The average molecular weight is 530 g/mol. The van der Waals surface area contributed by atoms with Crippen molar-refractivity contribution in [1.29, 1.82) is 0 Å². The second kappa shape index (κ2) is 11.9. The van der Waals surface area contributed by atoms with Gasteiger partial charge in [-0.05, 0) is 88.1 Å². The zero-order valence-corrected chi connectivity index (χ0v) is 27.2. The van der Waals surface area contributed by atoms with Crippen molar-refractivity contribution in [3.8, 4) is 0 Å². The standard InChI is InChI=1S/C37H60BN/c1-12-13-14-15-27-16-19-30(22-27)38(39(25(2)3)26(4)5)35-33-23-28(36(6,7)8)17-20-31(33)32-21-18-29(24-34(32)35)37(9,10)11/h12,17-18,20-21,23-27,30-35H,1,13-16,19,22H2,2-11H3. The summed E-state index contributed by atoms with van der Waals surface area (Å²) in [7, 11) is 0. The minimum Gasteiger partial charge on any atom is -0.337 e. The van der Waals surface area contributed by atoms with Crippen LogP contribution in [0.25, 0.3) is 0 Å². The molecule has 1 nitrogen and oxygen atoms in total. The summed E-state index contributed by atoms with van der Waals surface area (Å²) < 4.78 is 0. The van der Waals surface area contributed by atoms with Crippen LogP contribution in [-0.4, -0.2) is 23.7 Å². The minimum atomic E-state index is 0.191. The van der Waals surface area contributed by atoms with Crippen LogP contribution in [0.2, 0.25) is 11.6 Å². The van der Waals surface area contributed by atoms with Gasteiger partial charge in [0.2, 0.25) is 6.85 Å². The molecule has 0 bridgehead atoms. The van der Waals surface area contributed by atoms with E-state index < -0.39 is 0 Å². The predicted octanol–water partition coefficient (Wildman–Crippen LogP) is 10.6. The van der Waals surface area contributed by atoms with E-state index in [0.29, 0.717) is 48.4 Å². The van der Waals surface area contributed by atoms with Gasteiger partial charge in [0.15, 0.2) is 0 Å². The largest absolute Gasteiger partial charge is 0.337 e. The van der Waals surface area contributed by atoms with E-state index in [-0.39, 0.29) is 10.8 Å². The molecular formula is C37H60BN. The minimum absolute atomic E-state index is 0.191. The van der Waals surface area contributed by atoms with E-state index in [1.165, 1.54) is 38.5 Å². The highest BCUT2D eigenvalue weighted by atomic mass is 15.1. The van der Waals surface area contributed by atoms with Crippen molar-refractivity contribution in [2.75, 3.05) is 0 Å². The van der Waals surface area contributed by atoms with Crippen LogP contribution in [0, 0.1) is 40.4 Å². The van der Waals surface area contributed by atoms with E-state index in [9.17, 15) is 0 Å². The lowest BCUT2D eigenvalue weighted by Gasteiger charge is -2.46. The fraction of sp³-hybridized carbons (Fsp3) is 0.730. The summed E-state index contributed by atoms with van der Waals surface area (Å²) in [4.78, 5) is 2.97. The Morgan fingerprint density at radius 3 is 1.79 bits per heavy atom. The maximum Gasteiger partial charge on any atom is 0.231 e. The molecule has 0 heterocycles. The molecule has 0 aliphatic heterocycles. The van der Waals surface area contributed by atoms with E-state index in [2.05, 4.69) is 123 Å². The summed E-state index contributed by atoms with van der Waals surface area (Å²) in [6, 6.07) is 1.12. The van der Waals surface area contributed by atoms with Gasteiger partial charge in [-0.3, -0.25) is 0 Å². The SMILES string of the molecule is C=CCCCC1CCC(B(C2C3C=C(C(C)(C)C)C=CC3C3C=CC(C(C)(C)C)=CC32)N(C(C)C)C(C)C)C1. The lowest BCUT2D eigenvalue weighted by atomic mass is 9.36. The first-order valence-electron chi connectivity index (χ1n) is 16.4. The number of nitrogens with zero attached hydrogens (tertiary/aromatic N) is 1. The zero-order chi connectivity index (χ0) is 28.7. The van der Waals surface area contributed by atoms with Crippen LogP contribution in [0.3, 0.4) is 0 Å². The van der Waals surface area contributed by atoms with Gasteiger partial charge in [0.05, 0.1) is 0 Å². The van der Waals surface area contributed by atoms with Crippen molar-refractivity contribution < 1.29 is 0 Å². The molecule has 0 radical (unpaired) electrons. The molecule has 0 N–H and O–H groups in total. The Balaban J connectivity index is 1.80. The summed E-state index contributed by atoms with van der Waals surface area (Å²) in [5, 5.41) is 0. The summed E-state index contributed by atoms with van der Waals surface area (Å²) in [5.41, 5.74) is 3.47. The zero-order valence-electron chi connectivity index (χ0n) is 27.2. The number of rotatable bonds is 9. The van der Waals surface area contributed by atoms with E-state index in [1.807, 2.05) is 0 Å². The molecule has 4 rings (SSSR count). The molecule has 0 amide bonds. The lowest BCUT2D eigenvalue weighted by molar-refractivity contribution is 0.283. The van der Waals surface area contributed by atoms with Crippen molar-refractivity contribution in [2.45, 2.75) is 131 Å². The van der Waals surface area contributed by atoms with Gasteiger partial charge in [-0.25, -0.2) is 0 Å². The van der Waals surface area contributed by atoms with Crippen LogP contribution in [0.4, 0.5) is 0 Å². The molecule has 4 aliphatic carbocycles. The molecule has 0 spiro atoms. The fourth-order valence-corrected chi connectivity index (χ4v) is 8.93. The van der Waals surface area contributed by atoms with Crippen molar-refractivity contribution in [3.63, 3.8) is 0 Å². The Morgan fingerprint density at radius 2 is 1.36 bits per heavy atom. The Morgan fingerprint density at radius 1 is 0.846 bits per heavy atom. The molecule has 2 saturated carbocycles. The summed E-state index contributed by atoms with van der Waals surface area (Å²) in [6.45, 7) is 28.8. The third kappa shape index (κ3) is 6.47. The van der Waals surface area contributed by atoms with Crippen LogP contribution in [-0.2, 0) is 0 Å². The van der Waals surface area contributed by atoms with Gasteiger partial charge < -0.3 is 4.81 Å². The normalized spacial score (nSPS) is 32.5. The fourth-order valence-electron chi connectivity index (χ4n) is 8.93. The van der Waals surface area contributed by atoms with Crippen LogP contribution >= 0.6 is 0 Å². The van der Waals surface area contributed by atoms with Crippen molar-refractivity contribution in [1.82, 2.24) is 4.81 Å². The van der Waals surface area contributed by atoms with Gasteiger partial charge in [-0.15, -0.1) is 6.58 Å².